The van der Waals surface area contributed by atoms with Gasteiger partial charge in [-0.15, -0.1) is 0 Å². The molecule has 0 aliphatic carbocycles. The van der Waals surface area contributed by atoms with E-state index < -0.39 is 0 Å². The maximum Gasteiger partial charge on any atom is 0.255 e. The predicted octanol–water partition coefficient (Wildman–Crippen LogP) is 1.73. The lowest BCUT2D eigenvalue weighted by Gasteiger charge is -2.05. The van der Waals surface area contributed by atoms with Gasteiger partial charge in [-0.3, -0.25) is 9.36 Å². The molecule has 3 nitrogen and oxygen atoms in total. The highest BCUT2D eigenvalue weighted by atomic mass is 16.1. The zero-order valence-electron chi connectivity index (χ0n) is 8.47. The third-order valence-corrected chi connectivity index (χ3v) is 2.25. The second kappa shape index (κ2) is 3.61. The third-order valence-electron chi connectivity index (χ3n) is 2.25. The molecule has 0 aliphatic rings. The molecule has 0 saturated heterocycles. The highest BCUT2D eigenvalue weighted by Gasteiger charge is 1.98. The number of hydrogen-bond acceptors (Lipinski definition) is 2. The maximum atomic E-state index is 11.7. The van der Waals surface area contributed by atoms with Crippen LogP contribution in [0.25, 0.3) is 5.69 Å². The lowest BCUT2D eigenvalue weighted by atomic mass is 10.2. The van der Waals surface area contributed by atoms with E-state index in [4.69, 9.17) is 5.73 Å². The van der Waals surface area contributed by atoms with Crippen molar-refractivity contribution in [1.29, 1.82) is 0 Å². The molecule has 0 atom stereocenters. The molecule has 0 fully saturated rings. The number of anilines is 1. The van der Waals surface area contributed by atoms with Gasteiger partial charge in [-0.05, 0) is 42.8 Å². The van der Waals surface area contributed by atoms with Crippen LogP contribution < -0.4 is 11.3 Å². The molecule has 0 aliphatic heterocycles. The van der Waals surface area contributed by atoms with E-state index in [1.165, 1.54) is 0 Å². The fourth-order valence-corrected chi connectivity index (χ4v) is 1.43. The largest absolute Gasteiger partial charge is 0.399 e. The van der Waals surface area contributed by atoms with E-state index >= 15 is 0 Å². The van der Waals surface area contributed by atoms with Crippen molar-refractivity contribution in [3.05, 3.63) is 58.5 Å². The average Bonchev–Trinajstić information content (AvgIpc) is 2.20. The van der Waals surface area contributed by atoms with Crippen molar-refractivity contribution < 1.29 is 0 Å². The Balaban J connectivity index is 2.55. The Bertz CT molecular complexity index is 526. The van der Waals surface area contributed by atoms with Crippen molar-refractivity contribution in [1.82, 2.24) is 4.57 Å². The van der Waals surface area contributed by atoms with Crippen LogP contribution in [-0.4, -0.2) is 4.57 Å². The topological polar surface area (TPSA) is 48.0 Å². The average molecular weight is 200 g/mol. The molecular weight excluding hydrogens is 188 g/mol. The molecule has 76 valence electrons. The first-order chi connectivity index (χ1) is 7.16. The van der Waals surface area contributed by atoms with Gasteiger partial charge in [0.1, 0.15) is 0 Å². The van der Waals surface area contributed by atoms with Crippen LogP contribution in [0, 0.1) is 6.92 Å². The van der Waals surface area contributed by atoms with Crippen LogP contribution in [0.5, 0.6) is 0 Å². The first-order valence-electron chi connectivity index (χ1n) is 4.72. The van der Waals surface area contributed by atoms with Gasteiger partial charge in [0.2, 0.25) is 0 Å². The second-order valence-corrected chi connectivity index (χ2v) is 3.50. The summed E-state index contributed by atoms with van der Waals surface area (Å²) in [5, 5.41) is 0. The van der Waals surface area contributed by atoms with E-state index in [0.717, 1.165) is 11.3 Å². The van der Waals surface area contributed by atoms with E-state index in [0.29, 0.717) is 5.69 Å². The number of benzene rings is 1. The van der Waals surface area contributed by atoms with Crippen molar-refractivity contribution >= 4 is 5.69 Å². The van der Waals surface area contributed by atoms with Gasteiger partial charge in [-0.25, -0.2) is 0 Å². The van der Waals surface area contributed by atoms with Gasteiger partial charge in [0.15, 0.2) is 0 Å². The van der Waals surface area contributed by atoms with Crippen LogP contribution in [0.15, 0.2) is 47.4 Å². The SMILES string of the molecule is Cc1ccn(-c2ccc(N)cc2)c(=O)c1. The molecule has 2 N–H and O–H groups in total. The summed E-state index contributed by atoms with van der Waals surface area (Å²) >= 11 is 0. The van der Waals surface area contributed by atoms with Gasteiger partial charge in [-0.1, -0.05) is 0 Å². The van der Waals surface area contributed by atoms with Crippen LogP contribution in [0.2, 0.25) is 0 Å². The van der Waals surface area contributed by atoms with Crippen LogP contribution in [0.3, 0.4) is 0 Å². The van der Waals surface area contributed by atoms with Gasteiger partial charge >= 0.3 is 0 Å². The first-order valence-corrected chi connectivity index (χ1v) is 4.72. The minimum atomic E-state index is -0.0280. The van der Waals surface area contributed by atoms with Crippen LogP contribution in [0.4, 0.5) is 5.69 Å². The molecule has 2 rings (SSSR count). The Morgan fingerprint density at radius 2 is 1.80 bits per heavy atom. The normalized spacial score (nSPS) is 10.2. The number of aryl methyl sites for hydroxylation is 1. The third kappa shape index (κ3) is 1.91. The minimum absolute atomic E-state index is 0.0280. The molecule has 0 bridgehead atoms. The molecule has 1 heterocycles. The lowest BCUT2D eigenvalue weighted by molar-refractivity contribution is 0.983. The number of rotatable bonds is 1. The number of nitrogens with two attached hydrogens (primary N) is 1. The van der Waals surface area contributed by atoms with E-state index in [9.17, 15) is 4.79 Å². The second-order valence-electron chi connectivity index (χ2n) is 3.50. The summed E-state index contributed by atoms with van der Waals surface area (Å²) in [5.41, 5.74) is 8.04. The van der Waals surface area contributed by atoms with Gasteiger partial charge in [-0.2, -0.15) is 0 Å². The van der Waals surface area contributed by atoms with Gasteiger partial charge < -0.3 is 5.73 Å². The molecule has 3 heteroatoms. The highest BCUT2D eigenvalue weighted by molar-refractivity contribution is 5.45. The molecular formula is C12H12N2O. The van der Waals surface area contributed by atoms with E-state index in [2.05, 4.69) is 0 Å². The fraction of sp³-hybridized carbons (Fsp3) is 0.0833. The highest BCUT2D eigenvalue weighted by Crippen LogP contribution is 2.08. The Hall–Kier alpha value is -2.03. The Kier molecular flexibility index (Phi) is 2.29. The molecule has 0 saturated carbocycles. The molecule has 0 radical (unpaired) electrons. The Labute approximate surface area is 87.8 Å². The van der Waals surface area contributed by atoms with Crippen molar-refractivity contribution in [3.8, 4) is 5.69 Å². The summed E-state index contributed by atoms with van der Waals surface area (Å²) in [6.07, 6.45) is 1.77. The molecule has 2 aromatic rings. The molecule has 1 aromatic carbocycles. The summed E-state index contributed by atoms with van der Waals surface area (Å²) in [6.45, 7) is 1.90. The van der Waals surface area contributed by atoms with E-state index in [1.54, 1.807) is 29.0 Å². The van der Waals surface area contributed by atoms with Gasteiger partial charge in [0.25, 0.3) is 5.56 Å². The van der Waals surface area contributed by atoms with Crippen LogP contribution in [0.1, 0.15) is 5.56 Å². The quantitative estimate of drug-likeness (QED) is 0.712. The molecule has 0 spiro atoms. The summed E-state index contributed by atoms with van der Waals surface area (Å²) in [5.74, 6) is 0. The smallest absolute Gasteiger partial charge is 0.255 e. The molecule has 15 heavy (non-hydrogen) atoms. The van der Waals surface area contributed by atoms with Crippen molar-refractivity contribution in [2.45, 2.75) is 6.92 Å². The standard InChI is InChI=1S/C12H12N2O/c1-9-6-7-14(12(15)8-9)11-4-2-10(13)3-5-11/h2-8H,13H2,1H3. The van der Waals surface area contributed by atoms with E-state index in [-0.39, 0.29) is 5.56 Å². The van der Waals surface area contributed by atoms with Gasteiger partial charge in [0, 0.05) is 23.6 Å². The number of nitrogens with zero attached hydrogens (tertiary/aromatic N) is 1. The predicted molar refractivity (Wildman–Crippen MR) is 61.2 cm³/mol. The summed E-state index contributed by atoms with van der Waals surface area (Å²) in [4.78, 5) is 11.7. The molecule has 1 aromatic heterocycles. The number of pyridine rings is 1. The minimum Gasteiger partial charge on any atom is -0.399 e. The maximum absolute atomic E-state index is 11.7. The van der Waals surface area contributed by atoms with Crippen LogP contribution in [-0.2, 0) is 0 Å². The van der Waals surface area contributed by atoms with Crippen LogP contribution >= 0.6 is 0 Å². The number of nitrogen functional groups attached to an aromatic ring is 1. The number of hydrogen-bond donors (Lipinski definition) is 1. The summed E-state index contributed by atoms with van der Waals surface area (Å²) < 4.78 is 1.59. The zero-order valence-corrected chi connectivity index (χ0v) is 8.47. The van der Waals surface area contributed by atoms with Crippen molar-refractivity contribution in [3.63, 3.8) is 0 Å². The zero-order chi connectivity index (χ0) is 10.8. The Morgan fingerprint density at radius 1 is 1.13 bits per heavy atom. The lowest BCUT2D eigenvalue weighted by Crippen LogP contribution is -2.16. The Morgan fingerprint density at radius 3 is 2.40 bits per heavy atom. The van der Waals surface area contributed by atoms with Crippen molar-refractivity contribution in [2.24, 2.45) is 0 Å². The first kappa shape index (κ1) is 9.52. The summed E-state index contributed by atoms with van der Waals surface area (Å²) in [6, 6.07) is 10.7. The number of aromatic nitrogens is 1. The molecule has 0 amide bonds. The van der Waals surface area contributed by atoms with Gasteiger partial charge in [0.05, 0.1) is 0 Å². The fourth-order valence-electron chi connectivity index (χ4n) is 1.43. The van der Waals surface area contributed by atoms with Crippen molar-refractivity contribution in [2.75, 3.05) is 5.73 Å². The van der Waals surface area contributed by atoms with E-state index in [1.807, 2.05) is 25.1 Å². The monoisotopic (exact) mass is 200 g/mol. The summed E-state index contributed by atoms with van der Waals surface area (Å²) in [7, 11) is 0. The molecule has 0 unspecified atom stereocenters.